The Morgan fingerprint density at radius 2 is 2.28 bits per heavy atom. The van der Waals surface area contributed by atoms with E-state index in [1.54, 1.807) is 0 Å². The minimum atomic E-state index is 0.523. The number of nitrogens with one attached hydrogen (secondary N) is 1. The van der Waals surface area contributed by atoms with Crippen molar-refractivity contribution in [2.24, 2.45) is 5.92 Å². The molecular formula is C15H19ClN2. The van der Waals surface area contributed by atoms with Gasteiger partial charge in [-0.05, 0) is 67.8 Å². The van der Waals surface area contributed by atoms with Gasteiger partial charge in [0.15, 0.2) is 0 Å². The Labute approximate surface area is 113 Å². The van der Waals surface area contributed by atoms with E-state index in [0.29, 0.717) is 11.2 Å². The van der Waals surface area contributed by atoms with E-state index in [1.165, 1.54) is 36.8 Å². The summed E-state index contributed by atoms with van der Waals surface area (Å²) in [5.41, 5.74) is 3.73. The first-order valence-electron chi connectivity index (χ1n) is 6.81. The lowest BCUT2D eigenvalue weighted by atomic mass is 9.77. The Morgan fingerprint density at radius 1 is 1.39 bits per heavy atom. The van der Waals surface area contributed by atoms with Crippen LogP contribution >= 0.6 is 11.6 Å². The summed E-state index contributed by atoms with van der Waals surface area (Å²) in [6.07, 6.45) is 9.48. The summed E-state index contributed by atoms with van der Waals surface area (Å²) in [6, 6.07) is 2.69. The second-order valence-corrected chi connectivity index (χ2v) is 5.76. The van der Waals surface area contributed by atoms with Crippen molar-refractivity contribution >= 4 is 17.2 Å². The van der Waals surface area contributed by atoms with Crippen LogP contribution in [0.2, 0.25) is 5.15 Å². The van der Waals surface area contributed by atoms with Gasteiger partial charge in [0.25, 0.3) is 0 Å². The van der Waals surface area contributed by atoms with E-state index in [0.717, 1.165) is 18.0 Å². The standard InChI is InChI=1S/C15H19ClN2/c1-10-8-12(9-18-15(10)16)13-6-2-4-11-5-3-7-17-14(11)13/h6,8-9,11,14,17H,2-5,7H2,1H3/t11-,14+/m0/s1. The van der Waals surface area contributed by atoms with Crippen molar-refractivity contribution < 1.29 is 0 Å². The van der Waals surface area contributed by atoms with Crippen LogP contribution in [-0.2, 0) is 0 Å². The molecule has 0 spiro atoms. The molecule has 1 aromatic rings. The van der Waals surface area contributed by atoms with Gasteiger partial charge < -0.3 is 5.32 Å². The molecule has 1 aromatic heterocycles. The maximum Gasteiger partial charge on any atom is 0.131 e. The average Bonchev–Trinajstić information content (AvgIpc) is 2.41. The van der Waals surface area contributed by atoms with E-state index >= 15 is 0 Å². The quantitative estimate of drug-likeness (QED) is 0.783. The molecule has 2 atom stereocenters. The highest BCUT2D eigenvalue weighted by molar-refractivity contribution is 6.30. The zero-order chi connectivity index (χ0) is 12.5. The number of piperidine rings is 1. The summed E-state index contributed by atoms with van der Waals surface area (Å²) in [5, 5.41) is 4.29. The molecule has 96 valence electrons. The van der Waals surface area contributed by atoms with Gasteiger partial charge in [0.2, 0.25) is 0 Å². The third-order valence-electron chi connectivity index (χ3n) is 4.17. The smallest absolute Gasteiger partial charge is 0.131 e. The van der Waals surface area contributed by atoms with Crippen LogP contribution in [0, 0.1) is 12.8 Å². The second kappa shape index (κ2) is 5.02. The number of pyridine rings is 1. The highest BCUT2D eigenvalue weighted by Crippen LogP contribution is 2.36. The van der Waals surface area contributed by atoms with Gasteiger partial charge in [0, 0.05) is 12.2 Å². The van der Waals surface area contributed by atoms with Crippen molar-refractivity contribution in [1.82, 2.24) is 10.3 Å². The molecule has 1 aliphatic heterocycles. The zero-order valence-corrected chi connectivity index (χ0v) is 11.5. The summed E-state index contributed by atoms with van der Waals surface area (Å²) < 4.78 is 0. The summed E-state index contributed by atoms with van der Waals surface area (Å²) in [4.78, 5) is 4.29. The fourth-order valence-electron chi connectivity index (χ4n) is 3.22. The molecule has 0 bridgehead atoms. The maximum absolute atomic E-state index is 6.01. The first kappa shape index (κ1) is 12.2. The van der Waals surface area contributed by atoms with E-state index in [1.807, 2.05) is 13.1 Å². The molecule has 2 heterocycles. The van der Waals surface area contributed by atoms with Gasteiger partial charge in [-0.3, -0.25) is 0 Å². The first-order valence-corrected chi connectivity index (χ1v) is 7.19. The van der Waals surface area contributed by atoms with Gasteiger partial charge in [-0.1, -0.05) is 17.7 Å². The minimum Gasteiger partial charge on any atom is -0.310 e. The van der Waals surface area contributed by atoms with Crippen molar-refractivity contribution in [3.63, 3.8) is 0 Å². The van der Waals surface area contributed by atoms with Gasteiger partial charge in [-0.2, -0.15) is 0 Å². The van der Waals surface area contributed by atoms with Crippen LogP contribution in [0.15, 0.2) is 18.3 Å². The number of nitrogens with zero attached hydrogens (tertiary/aromatic N) is 1. The van der Waals surface area contributed by atoms with Gasteiger partial charge >= 0.3 is 0 Å². The molecule has 18 heavy (non-hydrogen) atoms. The molecule has 1 aliphatic carbocycles. The lowest BCUT2D eigenvalue weighted by Crippen LogP contribution is -2.43. The van der Waals surface area contributed by atoms with Gasteiger partial charge in [0.1, 0.15) is 5.15 Å². The number of halogens is 1. The van der Waals surface area contributed by atoms with Crippen LogP contribution in [-0.4, -0.2) is 17.6 Å². The molecule has 1 N–H and O–H groups in total. The monoisotopic (exact) mass is 262 g/mol. The molecule has 1 saturated heterocycles. The van der Waals surface area contributed by atoms with Gasteiger partial charge in [-0.25, -0.2) is 4.98 Å². The van der Waals surface area contributed by atoms with Crippen LogP contribution in [0.25, 0.3) is 5.57 Å². The van der Waals surface area contributed by atoms with Crippen molar-refractivity contribution in [2.45, 2.75) is 38.6 Å². The summed E-state index contributed by atoms with van der Waals surface area (Å²) in [5.74, 6) is 0.801. The summed E-state index contributed by atoms with van der Waals surface area (Å²) in [7, 11) is 0. The Hall–Kier alpha value is -0.860. The molecule has 3 rings (SSSR count). The second-order valence-electron chi connectivity index (χ2n) is 5.40. The molecule has 0 unspecified atom stereocenters. The topological polar surface area (TPSA) is 24.9 Å². The molecular weight excluding hydrogens is 244 g/mol. The van der Waals surface area contributed by atoms with Crippen LogP contribution in [0.4, 0.5) is 0 Å². The van der Waals surface area contributed by atoms with Crippen LogP contribution in [0.3, 0.4) is 0 Å². The maximum atomic E-state index is 6.01. The number of aryl methyl sites for hydroxylation is 1. The lowest BCUT2D eigenvalue weighted by Gasteiger charge is -2.37. The third kappa shape index (κ3) is 2.19. The minimum absolute atomic E-state index is 0.523. The van der Waals surface area contributed by atoms with E-state index < -0.39 is 0 Å². The zero-order valence-electron chi connectivity index (χ0n) is 10.7. The molecule has 2 aliphatic rings. The molecule has 0 saturated carbocycles. The van der Waals surface area contributed by atoms with Crippen molar-refractivity contribution in [2.75, 3.05) is 6.54 Å². The normalized spacial score (nSPS) is 27.6. The highest BCUT2D eigenvalue weighted by atomic mass is 35.5. The lowest BCUT2D eigenvalue weighted by molar-refractivity contribution is 0.304. The number of allylic oxidation sites excluding steroid dienone is 1. The number of rotatable bonds is 1. The molecule has 1 fully saturated rings. The first-order chi connectivity index (χ1) is 8.75. The van der Waals surface area contributed by atoms with Gasteiger partial charge in [-0.15, -0.1) is 0 Å². The molecule has 0 amide bonds. The Morgan fingerprint density at radius 3 is 3.11 bits per heavy atom. The molecule has 2 nitrogen and oxygen atoms in total. The molecule has 3 heteroatoms. The highest BCUT2D eigenvalue weighted by Gasteiger charge is 2.30. The fraction of sp³-hybridized carbons (Fsp3) is 0.533. The molecule has 0 radical (unpaired) electrons. The van der Waals surface area contributed by atoms with Gasteiger partial charge in [0.05, 0.1) is 0 Å². The largest absolute Gasteiger partial charge is 0.310 e. The average molecular weight is 263 g/mol. The van der Waals surface area contributed by atoms with Crippen molar-refractivity contribution in [3.05, 3.63) is 34.6 Å². The predicted octanol–water partition coefficient (Wildman–Crippen LogP) is 3.59. The predicted molar refractivity (Wildman–Crippen MR) is 75.7 cm³/mol. The van der Waals surface area contributed by atoms with Crippen LogP contribution in [0.1, 0.15) is 36.8 Å². The van der Waals surface area contributed by atoms with E-state index in [-0.39, 0.29) is 0 Å². The summed E-state index contributed by atoms with van der Waals surface area (Å²) >= 11 is 6.01. The van der Waals surface area contributed by atoms with Crippen molar-refractivity contribution in [1.29, 1.82) is 0 Å². The van der Waals surface area contributed by atoms with E-state index in [2.05, 4.69) is 22.4 Å². The van der Waals surface area contributed by atoms with Crippen molar-refractivity contribution in [3.8, 4) is 0 Å². The van der Waals surface area contributed by atoms with E-state index in [4.69, 9.17) is 11.6 Å². The molecule has 0 aromatic carbocycles. The SMILES string of the molecule is Cc1cc(C2=CCC[C@H]3CCCN[C@@H]23)cnc1Cl. The Kier molecular flexibility index (Phi) is 3.40. The number of hydrogen-bond acceptors (Lipinski definition) is 2. The van der Waals surface area contributed by atoms with Crippen LogP contribution < -0.4 is 5.32 Å². The van der Waals surface area contributed by atoms with E-state index in [9.17, 15) is 0 Å². The number of hydrogen-bond donors (Lipinski definition) is 1. The third-order valence-corrected chi connectivity index (χ3v) is 4.57. The number of aromatic nitrogens is 1. The summed E-state index contributed by atoms with van der Waals surface area (Å²) in [6.45, 7) is 3.16. The Bertz CT molecular complexity index is 481. The Balaban J connectivity index is 1.94. The number of fused-ring (bicyclic) bond motifs is 1. The van der Waals surface area contributed by atoms with Crippen LogP contribution in [0.5, 0.6) is 0 Å². The fourth-order valence-corrected chi connectivity index (χ4v) is 3.33.